The highest BCUT2D eigenvalue weighted by atomic mass is 16.2. The number of rotatable bonds is 7. The number of anilines is 1. The van der Waals surface area contributed by atoms with Gasteiger partial charge < -0.3 is 10.2 Å². The zero-order valence-corrected chi connectivity index (χ0v) is 15.9. The lowest BCUT2D eigenvalue weighted by Crippen LogP contribution is -2.55. The van der Waals surface area contributed by atoms with E-state index >= 15 is 0 Å². The van der Waals surface area contributed by atoms with Crippen LogP contribution in [0.25, 0.3) is 0 Å². The summed E-state index contributed by atoms with van der Waals surface area (Å²) in [6.07, 6.45) is 4.21. The van der Waals surface area contributed by atoms with E-state index in [0.29, 0.717) is 35.9 Å². The second kappa shape index (κ2) is 8.55. The van der Waals surface area contributed by atoms with Gasteiger partial charge in [-0.15, -0.1) is 0 Å². The Bertz CT molecular complexity index is 635. The molecule has 2 unspecified atom stereocenters. The van der Waals surface area contributed by atoms with Crippen molar-refractivity contribution in [2.75, 3.05) is 31.5 Å². The highest BCUT2D eigenvalue weighted by Gasteiger charge is 2.40. The molecule has 1 amide bonds. The maximum atomic E-state index is 12.4. The molecule has 1 aromatic rings. The molecular weight excluding hydrogens is 324 g/mol. The summed E-state index contributed by atoms with van der Waals surface area (Å²) in [5, 5.41) is 12.3. The van der Waals surface area contributed by atoms with Crippen LogP contribution in [0.3, 0.4) is 0 Å². The lowest BCUT2D eigenvalue weighted by molar-refractivity contribution is -0.135. The van der Waals surface area contributed by atoms with Gasteiger partial charge in [-0.1, -0.05) is 13.8 Å². The summed E-state index contributed by atoms with van der Waals surface area (Å²) in [7, 11) is 0. The molecule has 2 fully saturated rings. The minimum absolute atomic E-state index is 0.332. The minimum atomic E-state index is 0.332. The Labute approximate surface area is 157 Å². The van der Waals surface area contributed by atoms with Gasteiger partial charge in [-0.05, 0) is 49.4 Å². The van der Waals surface area contributed by atoms with Crippen LogP contribution in [0.2, 0.25) is 0 Å². The maximum absolute atomic E-state index is 12.4. The Balaban J connectivity index is 1.42. The Hall–Kier alpha value is -2.06. The number of carbonyl (C=O) groups is 1. The van der Waals surface area contributed by atoms with Crippen molar-refractivity contribution in [3.63, 3.8) is 0 Å². The molecule has 0 radical (unpaired) electrons. The van der Waals surface area contributed by atoms with E-state index in [-0.39, 0.29) is 0 Å². The van der Waals surface area contributed by atoms with E-state index in [4.69, 9.17) is 5.26 Å². The third kappa shape index (κ3) is 4.56. The first-order valence-corrected chi connectivity index (χ1v) is 9.84. The van der Waals surface area contributed by atoms with E-state index in [1.807, 2.05) is 24.3 Å². The topological polar surface area (TPSA) is 59.4 Å². The van der Waals surface area contributed by atoms with Crippen LogP contribution in [0.1, 0.15) is 45.1 Å². The third-order valence-electron chi connectivity index (χ3n) is 5.51. The Morgan fingerprint density at radius 3 is 2.46 bits per heavy atom. The van der Waals surface area contributed by atoms with Gasteiger partial charge in [0.15, 0.2) is 0 Å². The Kier molecular flexibility index (Phi) is 6.16. The number of amides is 1. The first kappa shape index (κ1) is 18.7. The number of carbonyl (C=O) groups excluding carboxylic acids is 1. The maximum Gasteiger partial charge on any atom is 0.222 e. The fourth-order valence-corrected chi connectivity index (χ4v) is 4.19. The van der Waals surface area contributed by atoms with Crippen molar-refractivity contribution in [3.8, 4) is 6.07 Å². The van der Waals surface area contributed by atoms with Gasteiger partial charge in [0, 0.05) is 50.4 Å². The van der Waals surface area contributed by atoms with Crippen LogP contribution in [0, 0.1) is 17.2 Å². The van der Waals surface area contributed by atoms with E-state index in [2.05, 4.69) is 35.0 Å². The molecule has 2 bridgehead atoms. The summed E-state index contributed by atoms with van der Waals surface area (Å²) in [6, 6.07) is 10.8. The van der Waals surface area contributed by atoms with Crippen molar-refractivity contribution in [2.24, 2.45) is 5.92 Å². The Morgan fingerprint density at radius 1 is 1.23 bits per heavy atom. The molecule has 5 nitrogen and oxygen atoms in total. The van der Waals surface area contributed by atoms with Crippen LogP contribution < -0.4 is 5.32 Å². The van der Waals surface area contributed by atoms with Gasteiger partial charge in [0.05, 0.1) is 11.6 Å². The second-order valence-electron chi connectivity index (χ2n) is 7.99. The normalized spacial score (nSPS) is 22.5. The van der Waals surface area contributed by atoms with Crippen molar-refractivity contribution >= 4 is 11.6 Å². The molecule has 26 heavy (non-hydrogen) atoms. The molecule has 3 rings (SSSR count). The fourth-order valence-electron chi connectivity index (χ4n) is 4.19. The summed E-state index contributed by atoms with van der Waals surface area (Å²) >= 11 is 0. The molecule has 0 aliphatic carbocycles. The number of likely N-dealkylation sites (tertiary alicyclic amines) is 1. The van der Waals surface area contributed by atoms with Gasteiger partial charge in [-0.3, -0.25) is 9.69 Å². The highest BCUT2D eigenvalue weighted by molar-refractivity contribution is 5.76. The minimum Gasteiger partial charge on any atom is -0.385 e. The van der Waals surface area contributed by atoms with E-state index in [1.54, 1.807) is 0 Å². The van der Waals surface area contributed by atoms with Crippen LogP contribution >= 0.6 is 0 Å². The lowest BCUT2D eigenvalue weighted by atomic mass is 10.1. The third-order valence-corrected chi connectivity index (χ3v) is 5.51. The summed E-state index contributed by atoms with van der Waals surface area (Å²) in [5.74, 6) is 0.769. The van der Waals surface area contributed by atoms with E-state index in [0.717, 1.165) is 38.3 Å². The van der Waals surface area contributed by atoms with Crippen molar-refractivity contribution in [1.82, 2.24) is 9.80 Å². The fraction of sp³-hybridized carbons (Fsp3) is 0.619. The molecule has 140 valence electrons. The lowest BCUT2D eigenvalue weighted by Gasteiger charge is -2.41. The summed E-state index contributed by atoms with van der Waals surface area (Å²) in [4.78, 5) is 17.1. The van der Waals surface area contributed by atoms with Crippen molar-refractivity contribution in [3.05, 3.63) is 29.8 Å². The van der Waals surface area contributed by atoms with E-state index in [1.165, 1.54) is 12.8 Å². The number of hydrogen-bond acceptors (Lipinski definition) is 4. The standard InChI is InChI=1S/C21H30N4O/c1-16(2)12-21(26)24-14-19-8-9-20(15-24)25(19)11-3-10-23-18-6-4-17(13-22)5-7-18/h4-7,16,19-20,23H,3,8-12,14-15H2,1-2H3. The molecule has 2 heterocycles. The number of nitriles is 1. The average Bonchev–Trinajstić information content (AvgIpc) is 2.86. The van der Waals surface area contributed by atoms with Gasteiger partial charge >= 0.3 is 0 Å². The molecule has 1 aromatic carbocycles. The van der Waals surface area contributed by atoms with Gasteiger partial charge in [0.1, 0.15) is 0 Å². The first-order valence-electron chi connectivity index (χ1n) is 9.84. The first-order chi connectivity index (χ1) is 12.6. The molecule has 2 saturated heterocycles. The van der Waals surface area contributed by atoms with E-state index in [9.17, 15) is 4.79 Å². The molecule has 0 aromatic heterocycles. The number of fused-ring (bicyclic) bond motifs is 2. The number of nitrogens with zero attached hydrogens (tertiary/aromatic N) is 3. The molecule has 2 aliphatic heterocycles. The van der Waals surface area contributed by atoms with Gasteiger partial charge in [-0.25, -0.2) is 0 Å². The summed E-state index contributed by atoms with van der Waals surface area (Å²) < 4.78 is 0. The number of nitrogens with one attached hydrogen (secondary N) is 1. The average molecular weight is 354 g/mol. The zero-order chi connectivity index (χ0) is 18.5. The van der Waals surface area contributed by atoms with Crippen LogP contribution in [-0.4, -0.2) is 54.0 Å². The van der Waals surface area contributed by atoms with Crippen molar-refractivity contribution in [2.45, 2.75) is 51.6 Å². The number of benzene rings is 1. The van der Waals surface area contributed by atoms with Crippen molar-refractivity contribution in [1.29, 1.82) is 5.26 Å². The largest absolute Gasteiger partial charge is 0.385 e. The quantitative estimate of drug-likeness (QED) is 0.765. The van der Waals surface area contributed by atoms with E-state index < -0.39 is 0 Å². The van der Waals surface area contributed by atoms with Crippen LogP contribution in [-0.2, 0) is 4.79 Å². The highest BCUT2D eigenvalue weighted by Crippen LogP contribution is 2.30. The molecule has 0 spiro atoms. The predicted octanol–water partition coefficient (Wildman–Crippen LogP) is 3.08. The SMILES string of the molecule is CC(C)CC(=O)N1CC2CCC(C1)N2CCCNc1ccc(C#N)cc1. The zero-order valence-electron chi connectivity index (χ0n) is 15.9. The van der Waals surface area contributed by atoms with Crippen LogP contribution in [0.15, 0.2) is 24.3 Å². The van der Waals surface area contributed by atoms with Crippen LogP contribution in [0.5, 0.6) is 0 Å². The summed E-state index contributed by atoms with van der Waals surface area (Å²) in [6.45, 7) is 8.06. The second-order valence-corrected chi connectivity index (χ2v) is 7.99. The van der Waals surface area contributed by atoms with Gasteiger partial charge in [0.25, 0.3) is 0 Å². The summed E-state index contributed by atoms with van der Waals surface area (Å²) in [5.41, 5.74) is 1.76. The molecule has 2 atom stereocenters. The number of piperazine rings is 1. The Morgan fingerprint density at radius 2 is 1.88 bits per heavy atom. The van der Waals surface area contributed by atoms with Gasteiger partial charge in [0.2, 0.25) is 5.91 Å². The molecule has 5 heteroatoms. The molecule has 1 N–H and O–H groups in total. The van der Waals surface area contributed by atoms with Crippen molar-refractivity contribution < 1.29 is 4.79 Å². The smallest absolute Gasteiger partial charge is 0.222 e. The molecular formula is C21H30N4O. The predicted molar refractivity (Wildman–Crippen MR) is 104 cm³/mol. The van der Waals surface area contributed by atoms with Gasteiger partial charge in [-0.2, -0.15) is 5.26 Å². The molecule has 2 aliphatic rings. The monoisotopic (exact) mass is 354 g/mol. The molecule has 0 saturated carbocycles. The van der Waals surface area contributed by atoms with Crippen LogP contribution in [0.4, 0.5) is 5.69 Å². The number of hydrogen-bond donors (Lipinski definition) is 1.